The minimum Gasteiger partial charge on any atom is -0.309 e. The summed E-state index contributed by atoms with van der Waals surface area (Å²) in [6.45, 7) is 0. The molecule has 5 aromatic carbocycles. The van der Waals surface area contributed by atoms with Crippen LogP contribution in [0.15, 0.2) is 127 Å². The fourth-order valence-corrected chi connectivity index (χ4v) is 6.47. The molecule has 0 aliphatic heterocycles. The van der Waals surface area contributed by atoms with Crippen LogP contribution in [0, 0.1) is 0 Å². The van der Waals surface area contributed by atoms with Crippen molar-refractivity contribution in [2.45, 2.75) is 0 Å². The van der Waals surface area contributed by atoms with Crippen LogP contribution >= 0.6 is 11.3 Å². The molecular formula is C32H21NS. The molecule has 0 spiro atoms. The maximum atomic E-state index is 2.39. The van der Waals surface area contributed by atoms with Crippen LogP contribution in [0.1, 0.15) is 0 Å². The summed E-state index contributed by atoms with van der Waals surface area (Å²) in [5.74, 6) is 0. The summed E-state index contributed by atoms with van der Waals surface area (Å²) in [7, 11) is 0. The van der Waals surface area contributed by atoms with E-state index in [1.54, 1.807) is 0 Å². The van der Waals surface area contributed by atoms with Crippen molar-refractivity contribution < 1.29 is 0 Å². The number of hydrogen-bond donors (Lipinski definition) is 0. The Kier molecular flexibility index (Phi) is 4.39. The molecule has 0 amide bonds. The first kappa shape index (κ1) is 19.3. The van der Waals surface area contributed by atoms with Crippen LogP contribution in [0.5, 0.6) is 0 Å². The second-order valence-corrected chi connectivity index (χ2v) is 9.58. The molecule has 2 aromatic heterocycles. The first-order valence-corrected chi connectivity index (χ1v) is 12.4. The van der Waals surface area contributed by atoms with Crippen molar-refractivity contribution in [3.05, 3.63) is 127 Å². The van der Waals surface area contributed by atoms with Crippen molar-refractivity contribution >= 4 is 43.9 Å². The van der Waals surface area contributed by atoms with Gasteiger partial charge in [-0.2, -0.15) is 0 Å². The fourth-order valence-electron chi connectivity index (χ4n) is 5.16. The third-order valence-corrected chi connectivity index (χ3v) is 7.92. The lowest BCUT2D eigenvalue weighted by atomic mass is 10.0. The number of hydrogen-bond acceptors (Lipinski definition) is 1. The Labute approximate surface area is 202 Å². The summed E-state index contributed by atoms with van der Waals surface area (Å²) >= 11 is 1.90. The van der Waals surface area contributed by atoms with Crippen molar-refractivity contribution in [3.63, 3.8) is 0 Å². The average Bonchev–Trinajstić information content (AvgIpc) is 3.46. The molecule has 2 heterocycles. The Balaban J connectivity index is 1.60. The van der Waals surface area contributed by atoms with Gasteiger partial charge in [0, 0.05) is 42.6 Å². The summed E-state index contributed by atoms with van der Waals surface area (Å²) in [6.07, 6.45) is 0. The molecule has 2 heteroatoms. The van der Waals surface area contributed by atoms with Crippen molar-refractivity contribution in [2.24, 2.45) is 0 Å². The molecule has 160 valence electrons. The molecule has 0 radical (unpaired) electrons. The van der Waals surface area contributed by atoms with Crippen molar-refractivity contribution in [3.8, 4) is 26.6 Å². The molecular weight excluding hydrogens is 430 g/mol. The summed E-state index contributed by atoms with van der Waals surface area (Å²) in [4.78, 5) is 2.66. The van der Waals surface area contributed by atoms with Crippen molar-refractivity contribution in [1.29, 1.82) is 0 Å². The third-order valence-electron chi connectivity index (χ3n) is 6.61. The normalized spacial score (nSPS) is 11.5. The lowest BCUT2D eigenvalue weighted by molar-refractivity contribution is 1.18. The molecule has 0 aliphatic carbocycles. The Bertz CT molecular complexity index is 1790. The summed E-state index contributed by atoms with van der Waals surface area (Å²) in [5.41, 5.74) is 6.23. The van der Waals surface area contributed by atoms with Gasteiger partial charge in [-0.05, 0) is 29.8 Å². The topological polar surface area (TPSA) is 4.93 Å². The lowest BCUT2D eigenvalue weighted by Crippen LogP contribution is -1.92. The maximum absolute atomic E-state index is 2.39. The largest absolute Gasteiger partial charge is 0.309 e. The molecule has 34 heavy (non-hydrogen) atoms. The van der Waals surface area contributed by atoms with E-state index < -0.39 is 0 Å². The number of para-hydroxylation sites is 2. The standard InChI is InChI=1S/C32H21NS/c1-3-12-22(13-4-1)31-24-16-7-8-17-25(24)32(34-31)27-19-11-21-29-30(27)26-18-9-10-20-28(26)33(29)23-14-5-2-6-15-23/h1-21H. The quantitative estimate of drug-likeness (QED) is 0.252. The minimum absolute atomic E-state index is 1.19. The molecule has 0 fully saturated rings. The molecule has 0 aliphatic rings. The number of nitrogens with zero attached hydrogens (tertiary/aromatic N) is 1. The highest BCUT2D eigenvalue weighted by atomic mass is 32.1. The van der Waals surface area contributed by atoms with Gasteiger partial charge in [0.2, 0.25) is 0 Å². The zero-order valence-electron chi connectivity index (χ0n) is 18.5. The molecule has 0 saturated carbocycles. The van der Waals surface area contributed by atoms with Crippen molar-refractivity contribution in [1.82, 2.24) is 4.57 Å². The average molecular weight is 452 g/mol. The van der Waals surface area contributed by atoms with Gasteiger partial charge in [-0.15, -0.1) is 11.3 Å². The van der Waals surface area contributed by atoms with Gasteiger partial charge in [-0.1, -0.05) is 103 Å². The molecule has 0 saturated heterocycles. The molecule has 0 unspecified atom stereocenters. The summed E-state index contributed by atoms with van der Waals surface area (Å²) < 4.78 is 2.39. The Hall–Kier alpha value is -4.14. The van der Waals surface area contributed by atoms with E-state index in [-0.39, 0.29) is 0 Å². The summed E-state index contributed by atoms with van der Waals surface area (Å²) in [5, 5.41) is 5.23. The van der Waals surface area contributed by atoms with Gasteiger partial charge in [-0.3, -0.25) is 0 Å². The van der Waals surface area contributed by atoms with Crippen LogP contribution in [-0.4, -0.2) is 4.57 Å². The van der Waals surface area contributed by atoms with Gasteiger partial charge in [0.15, 0.2) is 0 Å². The first-order valence-electron chi connectivity index (χ1n) is 11.5. The Morgan fingerprint density at radius 1 is 0.441 bits per heavy atom. The third kappa shape index (κ3) is 2.86. The Morgan fingerprint density at radius 3 is 1.79 bits per heavy atom. The minimum atomic E-state index is 1.19. The van der Waals surface area contributed by atoms with Crippen LogP contribution in [0.25, 0.3) is 59.1 Å². The van der Waals surface area contributed by atoms with Crippen molar-refractivity contribution in [2.75, 3.05) is 0 Å². The van der Waals surface area contributed by atoms with Crippen LogP contribution in [-0.2, 0) is 0 Å². The monoisotopic (exact) mass is 451 g/mol. The van der Waals surface area contributed by atoms with Crippen LogP contribution in [0.2, 0.25) is 0 Å². The second-order valence-electron chi connectivity index (χ2n) is 8.56. The van der Waals surface area contributed by atoms with E-state index in [1.165, 1.54) is 59.1 Å². The van der Waals surface area contributed by atoms with E-state index in [0.717, 1.165) is 0 Å². The summed E-state index contributed by atoms with van der Waals surface area (Å²) in [6, 6.07) is 45.8. The van der Waals surface area contributed by atoms with Crippen LogP contribution in [0.3, 0.4) is 0 Å². The highest BCUT2D eigenvalue weighted by Gasteiger charge is 2.19. The van der Waals surface area contributed by atoms with E-state index in [1.807, 2.05) is 11.3 Å². The van der Waals surface area contributed by atoms with E-state index in [0.29, 0.717) is 0 Å². The number of aromatic nitrogens is 1. The Morgan fingerprint density at radius 2 is 1.03 bits per heavy atom. The predicted molar refractivity (Wildman–Crippen MR) is 147 cm³/mol. The van der Waals surface area contributed by atoms with E-state index in [4.69, 9.17) is 0 Å². The zero-order chi connectivity index (χ0) is 22.5. The lowest BCUT2D eigenvalue weighted by Gasteiger charge is -2.08. The van der Waals surface area contributed by atoms with E-state index in [9.17, 15) is 0 Å². The van der Waals surface area contributed by atoms with Gasteiger partial charge < -0.3 is 4.57 Å². The molecule has 7 rings (SSSR count). The van der Waals surface area contributed by atoms with Gasteiger partial charge in [0.05, 0.1) is 11.0 Å². The highest BCUT2D eigenvalue weighted by Crippen LogP contribution is 2.47. The smallest absolute Gasteiger partial charge is 0.0547 e. The molecule has 0 bridgehead atoms. The number of fused-ring (bicyclic) bond motifs is 4. The predicted octanol–water partition coefficient (Wildman–Crippen LogP) is 9.33. The van der Waals surface area contributed by atoms with Gasteiger partial charge >= 0.3 is 0 Å². The fraction of sp³-hybridized carbons (Fsp3) is 0. The molecule has 7 aromatic rings. The first-order chi connectivity index (χ1) is 16.9. The zero-order valence-corrected chi connectivity index (χ0v) is 19.3. The van der Waals surface area contributed by atoms with Crippen LogP contribution < -0.4 is 0 Å². The van der Waals surface area contributed by atoms with Gasteiger partial charge in [-0.25, -0.2) is 0 Å². The molecule has 1 nitrogen and oxygen atoms in total. The van der Waals surface area contributed by atoms with Gasteiger partial charge in [0.25, 0.3) is 0 Å². The molecule has 0 atom stereocenters. The van der Waals surface area contributed by atoms with Crippen LogP contribution in [0.4, 0.5) is 0 Å². The number of benzene rings is 5. The maximum Gasteiger partial charge on any atom is 0.0547 e. The SMILES string of the molecule is c1ccc(-c2sc(-c3cccc4c3c3ccccc3n4-c3ccccc3)c3ccccc23)cc1. The van der Waals surface area contributed by atoms with E-state index >= 15 is 0 Å². The highest BCUT2D eigenvalue weighted by molar-refractivity contribution is 7.21. The number of rotatable bonds is 3. The van der Waals surface area contributed by atoms with Gasteiger partial charge in [0.1, 0.15) is 0 Å². The molecule has 0 N–H and O–H groups in total. The number of thiophene rings is 1. The second kappa shape index (κ2) is 7.72. The van der Waals surface area contributed by atoms with E-state index in [2.05, 4.69) is 132 Å².